The zero-order valence-corrected chi connectivity index (χ0v) is 20.7. The largest absolute Gasteiger partial charge is 0.480 e. The fourth-order valence-corrected chi connectivity index (χ4v) is 4.29. The summed E-state index contributed by atoms with van der Waals surface area (Å²) < 4.78 is 5.34. The predicted molar refractivity (Wildman–Crippen MR) is 130 cm³/mol. The fourth-order valence-electron chi connectivity index (χ4n) is 4.29. The number of nitrogens with one attached hydrogen (secondary N) is 1. The Morgan fingerprint density at radius 3 is 2.41 bits per heavy atom. The summed E-state index contributed by atoms with van der Waals surface area (Å²) in [6, 6.07) is 14.3. The van der Waals surface area contributed by atoms with E-state index in [1.54, 1.807) is 6.92 Å². The lowest BCUT2D eigenvalue weighted by atomic mass is 9.93. The summed E-state index contributed by atoms with van der Waals surface area (Å²) >= 11 is 0. The molecule has 2 aromatic carbocycles. The van der Waals surface area contributed by atoms with Crippen LogP contribution in [0.5, 0.6) is 0 Å². The van der Waals surface area contributed by atoms with E-state index in [-0.39, 0.29) is 32.6 Å². The first-order valence-corrected chi connectivity index (χ1v) is 12.1. The summed E-state index contributed by atoms with van der Waals surface area (Å²) in [4.78, 5) is 44.2. The SMILES string of the molecule is CC(NC(CCc1ccccc1)C(=O)O)C(=O)N1Cc2ccccc2CC1C(=O)OCCCON(O)O. The molecule has 3 atom stereocenters. The topological polar surface area (TPSA) is 149 Å². The summed E-state index contributed by atoms with van der Waals surface area (Å²) in [6.07, 6.45) is 1.31. The molecular formula is C26H33N3O8. The number of amides is 1. The average molecular weight is 516 g/mol. The zero-order chi connectivity index (χ0) is 26.8. The van der Waals surface area contributed by atoms with Crippen molar-refractivity contribution in [1.82, 2.24) is 15.6 Å². The molecular weight excluding hydrogens is 482 g/mol. The number of aryl methyl sites for hydroxylation is 1. The molecule has 0 radical (unpaired) electrons. The highest BCUT2D eigenvalue weighted by Gasteiger charge is 2.38. The number of carbonyl (C=O) groups is 3. The molecule has 0 saturated heterocycles. The number of ether oxygens (including phenoxy) is 1. The van der Waals surface area contributed by atoms with Gasteiger partial charge in [0, 0.05) is 19.4 Å². The molecule has 11 nitrogen and oxygen atoms in total. The molecule has 1 heterocycles. The van der Waals surface area contributed by atoms with E-state index < -0.39 is 41.4 Å². The Bertz CT molecular complexity index is 1050. The van der Waals surface area contributed by atoms with Crippen LogP contribution in [0, 0.1) is 0 Å². The van der Waals surface area contributed by atoms with E-state index in [2.05, 4.69) is 10.2 Å². The van der Waals surface area contributed by atoms with Crippen LogP contribution < -0.4 is 5.32 Å². The summed E-state index contributed by atoms with van der Waals surface area (Å²) in [5.41, 5.74) is 2.84. The van der Waals surface area contributed by atoms with Crippen molar-refractivity contribution in [1.29, 1.82) is 0 Å². The molecule has 0 aliphatic carbocycles. The Kier molecular flexibility index (Phi) is 10.5. The minimum atomic E-state index is -1.05. The van der Waals surface area contributed by atoms with Crippen molar-refractivity contribution in [3.8, 4) is 0 Å². The quantitative estimate of drug-likeness (QED) is 0.177. The van der Waals surface area contributed by atoms with Gasteiger partial charge in [-0.05, 0) is 36.5 Å². The molecule has 1 amide bonds. The molecule has 2 aromatic rings. The van der Waals surface area contributed by atoms with Crippen molar-refractivity contribution in [3.05, 3.63) is 71.3 Å². The first kappa shape index (κ1) is 28.2. The van der Waals surface area contributed by atoms with Gasteiger partial charge in [0.1, 0.15) is 12.1 Å². The lowest BCUT2D eigenvalue weighted by Crippen LogP contribution is -2.56. The number of carbonyl (C=O) groups excluding carboxylic acids is 2. The Balaban J connectivity index is 1.66. The monoisotopic (exact) mass is 515 g/mol. The third-order valence-corrected chi connectivity index (χ3v) is 6.23. The van der Waals surface area contributed by atoms with Crippen LogP contribution in [0.3, 0.4) is 0 Å². The lowest BCUT2D eigenvalue weighted by molar-refractivity contribution is -0.492. The number of esters is 1. The Morgan fingerprint density at radius 1 is 1.05 bits per heavy atom. The van der Waals surface area contributed by atoms with Crippen molar-refractivity contribution in [2.75, 3.05) is 13.2 Å². The van der Waals surface area contributed by atoms with Gasteiger partial charge in [0.2, 0.25) is 5.91 Å². The molecule has 3 unspecified atom stereocenters. The van der Waals surface area contributed by atoms with Gasteiger partial charge in [0.05, 0.1) is 24.6 Å². The number of rotatable bonds is 13. The first-order valence-electron chi connectivity index (χ1n) is 12.1. The maximum atomic E-state index is 13.5. The molecule has 0 fully saturated rings. The Labute approximate surface area is 215 Å². The fraction of sp³-hybridized carbons (Fsp3) is 0.423. The van der Waals surface area contributed by atoms with Gasteiger partial charge in [0.15, 0.2) is 0 Å². The van der Waals surface area contributed by atoms with Gasteiger partial charge in [-0.15, -0.1) is 0 Å². The van der Waals surface area contributed by atoms with E-state index in [0.29, 0.717) is 12.8 Å². The summed E-state index contributed by atoms with van der Waals surface area (Å²) in [6.45, 7) is 1.66. The molecule has 3 rings (SSSR count). The van der Waals surface area contributed by atoms with Crippen LogP contribution in [0.2, 0.25) is 0 Å². The molecule has 1 aliphatic rings. The molecule has 200 valence electrons. The minimum Gasteiger partial charge on any atom is -0.480 e. The van der Waals surface area contributed by atoms with Gasteiger partial charge < -0.3 is 14.7 Å². The van der Waals surface area contributed by atoms with Gasteiger partial charge in [-0.25, -0.2) is 4.79 Å². The van der Waals surface area contributed by atoms with Gasteiger partial charge in [-0.1, -0.05) is 54.6 Å². The van der Waals surface area contributed by atoms with E-state index in [0.717, 1.165) is 16.7 Å². The Morgan fingerprint density at radius 2 is 1.73 bits per heavy atom. The van der Waals surface area contributed by atoms with E-state index in [1.165, 1.54) is 4.90 Å². The number of nitrogens with zero attached hydrogens (tertiary/aromatic N) is 2. The van der Waals surface area contributed by atoms with Crippen LogP contribution in [0.4, 0.5) is 0 Å². The number of aliphatic carboxylic acids is 1. The van der Waals surface area contributed by atoms with E-state index in [1.807, 2.05) is 54.6 Å². The smallest absolute Gasteiger partial charge is 0.329 e. The number of hydrogen-bond acceptors (Lipinski definition) is 9. The molecule has 0 aromatic heterocycles. The van der Waals surface area contributed by atoms with Gasteiger partial charge in [0.25, 0.3) is 0 Å². The lowest BCUT2D eigenvalue weighted by Gasteiger charge is -2.37. The highest BCUT2D eigenvalue weighted by Crippen LogP contribution is 2.25. The second-order valence-electron chi connectivity index (χ2n) is 8.87. The molecule has 11 heteroatoms. The second kappa shape index (κ2) is 13.8. The van der Waals surface area contributed by atoms with Crippen molar-refractivity contribution < 1.29 is 39.5 Å². The highest BCUT2D eigenvalue weighted by atomic mass is 17.1. The van der Waals surface area contributed by atoms with Crippen molar-refractivity contribution in [2.24, 2.45) is 0 Å². The maximum Gasteiger partial charge on any atom is 0.329 e. The van der Waals surface area contributed by atoms with Gasteiger partial charge in [-0.2, -0.15) is 0 Å². The van der Waals surface area contributed by atoms with Crippen LogP contribution in [-0.2, 0) is 43.3 Å². The molecule has 0 spiro atoms. The minimum absolute atomic E-state index is 0.0404. The highest BCUT2D eigenvalue weighted by molar-refractivity contribution is 5.88. The zero-order valence-electron chi connectivity index (χ0n) is 20.7. The summed E-state index contributed by atoms with van der Waals surface area (Å²) in [5, 5.41) is 29.4. The third-order valence-electron chi connectivity index (χ3n) is 6.23. The second-order valence-corrected chi connectivity index (χ2v) is 8.87. The predicted octanol–water partition coefficient (Wildman–Crippen LogP) is 1.95. The Hall–Kier alpha value is -3.35. The van der Waals surface area contributed by atoms with Crippen molar-refractivity contribution in [3.63, 3.8) is 0 Å². The normalized spacial score (nSPS) is 16.6. The molecule has 0 saturated carbocycles. The van der Waals surface area contributed by atoms with Crippen LogP contribution in [0.15, 0.2) is 54.6 Å². The van der Waals surface area contributed by atoms with Crippen molar-refractivity contribution in [2.45, 2.75) is 57.3 Å². The third kappa shape index (κ3) is 8.34. The number of fused-ring (bicyclic) bond motifs is 1. The first-order chi connectivity index (χ1) is 17.8. The summed E-state index contributed by atoms with van der Waals surface area (Å²) in [7, 11) is 0. The van der Waals surface area contributed by atoms with Crippen LogP contribution in [0.1, 0.15) is 36.5 Å². The van der Waals surface area contributed by atoms with Gasteiger partial charge >= 0.3 is 11.9 Å². The van der Waals surface area contributed by atoms with E-state index in [9.17, 15) is 19.5 Å². The number of hydrogen-bond donors (Lipinski definition) is 4. The van der Waals surface area contributed by atoms with Crippen LogP contribution >= 0.6 is 0 Å². The number of benzene rings is 2. The van der Waals surface area contributed by atoms with Crippen LogP contribution in [-0.4, -0.2) is 75.0 Å². The maximum absolute atomic E-state index is 13.5. The number of carboxylic acids is 1. The molecule has 0 bridgehead atoms. The van der Waals surface area contributed by atoms with E-state index in [4.69, 9.17) is 15.2 Å². The molecule has 37 heavy (non-hydrogen) atoms. The van der Waals surface area contributed by atoms with Gasteiger partial charge in [-0.3, -0.25) is 30.2 Å². The molecule has 4 N–H and O–H groups in total. The van der Waals surface area contributed by atoms with E-state index >= 15 is 0 Å². The standard InChI is InChI=1S/C26H33N3O8/c1-18(27-22(25(31)32)13-12-19-8-3-2-4-9-19)24(30)28-17-21-11-6-5-10-20(21)16-23(28)26(33)36-14-7-15-37-29(34)35/h2-6,8-11,18,22-23,27,34-35H,7,12-17H2,1H3,(H,31,32). The number of carboxylic acid groups (broad SMARTS) is 1. The van der Waals surface area contributed by atoms with Crippen LogP contribution in [0.25, 0.3) is 0 Å². The summed E-state index contributed by atoms with van der Waals surface area (Å²) in [5.74, 6) is -2.05. The molecule has 1 aliphatic heterocycles. The van der Waals surface area contributed by atoms with Crippen molar-refractivity contribution >= 4 is 17.8 Å². The average Bonchev–Trinajstić information content (AvgIpc) is 2.89.